The fourth-order valence-electron chi connectivity index (χ4n) is 3.35. The molecule has 0 unspecified atom stereocenters. The summed E-state index contributed by atoms with van der Waals surface area (Å²) in [5.41, 5.74) is 3.96. The van der Waals surface area contributed by atoms with Crippen LogP contribution < -0.4 is 5.32 Å². The molecule has 0 atom stereocenters. The Morgan fingerprint density at radius 2 is 1.82 bits per heavy atom. The van der Waals surface area contributed by atoms with E-state index in [0.29, 0.717) is 33.2 Å². The number of rotatable bonds is 4. The van der Waals surface area contributed by atoms with Crippen molar-refractivity contribution in [3.05, 3.63) is 59.0 Å². The molecule has 2 heterocycles. The highest BCUT2D eigenvalue weighted by Gasteiger charge is 2.21. The average Bonchev–Trinajstić information content (AvgIpc) is 3.16. The lowest BCUT2D eigenvalue weighted by Gasteiger charge is -2.04. The van der Waals surface area contributed by atoms with Crippen molar-refractivity contribution in [3.63, 3.8) is 0 Å². The highest BCUT2D eigenvalue weighted by atomic mass is 16.3. The lowest BCUT2D eigenvalue weighted by atomic mass is 10.1. The SMILES string of the molecule is CC(C)=CC(=O)Nc1ccc2[nH]c(O)c(-c3[nH]c4ccccc4c3N=O)c2c1. The van der Waals surface area contributed by atoms with Crippen LogP contribution in [0.1, 0.15) is 13.8 Å². The number of H-pyrrole nitrogens is 2. The number of aromatic nitrogens is 2. The van der Waals surface area contributed by atoms with Gasteiger partial charge in [-0.25, -0.2) is 0 Å². The molecule has 0 radical (unpaired) electrons. The number of nitroso groups, excluding NO2 is 1. The summed E-state index contributed by atoms with van der Waals surface area (Å²) in [6.45, 7) is 3.68. The molecule has 0 saturated heterocycles. The molecule has 1 amide bonds. The number of anilines is 1. The lowest BCUT2D eigenvalue weighted by Crippen LogP contribution is -2.08. The molecule has 4 aromatic rings. The minimum atomic E-state index is -0.235. The monoisotopic (exact) mass is 374 g/mol. The van der Waals surface area contributed by atoms with Crippen LogP contribution in [0, 0.1) is 4.91 Å². The quantitative estimate of drug-likeness (QED) is 0.286. The number of fused-ring (bicyclic) bond motifs is 2. The van der Waals surface area contributed by atoms with Crippen molar-refractivity contribution in [1.29, 1.82) is 0 Å². The van der Waals surface area contributed by atoms with E-state index in [-0.39, 0.29) is 17.5 Å². The maximum Gasteiger partial charge on any atom is 0.248 e. The number of hydrogen-bond donors (Lipinski definition) is 4. The molecule has 0 fully saturated rings. The van der Waals surface area contributed by atoms with Crippen molar-refractivity contribution >= 4 is 39.1 Å². The zero-order valence-corrected chi connectivity index (χ0v) is 15.3. The van der Waals surface area contributed by atoms with E-state index in [2.05, 4.69) is 20.5 Å². The molecule has 0 aliphatic heterocycles. The summed E-state index contributed by atoms with van der Waals surface area (Å²) in [5, 5.41) is 17.8. The van der Waals surface area contributed by atoms with Crippen LogP contribution in [-0.4, -0.2) is 21.0 Å². The van der Waals surface area contributed by atoms with E-state index in [1.165, 1.54) is 6.08 Å². The van der Waals surface area contributed by atoms with Crippen LogP contribution >= 0.6 is 0 Å². The highest BCUT2D eigenvalue weighted by Crippen LogP contribution is 2.44. The van der Waals surface area contributed by atoms with Gasteiger partial charge in [0.25, 0.3) is 0 Å². The van der Waals surface area contributed by atoms with Gasteiger partial charge in [-0.1, -0.05) is 23.8 Å². The standard InChI is InChI=1S/C21H18N4O3/c1-11(2)9-17(26)22-12-7-8-16-14(10-12)18(21(27)24-16)20-19(25-28)13-5-3-4-6-15(13)23-20/h3-10,23-24,27H,1-2H3,(H,22,26). The van der Waals surface area contributed by atoms with Gasteiger partial charge >= 0.3 is 0 Å². The van der Waals surface area contributed by atoms with Crippen LogP contribution in [-0.2, 0) is 4.79 Å². The first-order valence-electron chi connectivity index (χ1n) is 8.73. The van der Waals surface area contributed by atoms with Crippen molar-refractivity contribution in [2.45, 2.75) is 13.8 Å². The van der Waals surface area contributed by atoms with E-state index >= 15 is 0 Å². The Kier molecular flexibility index (Phi) is 4.19. The van der Waals surface area contributed by atoms with Crippen molar-refractivity contribution in [3.8, 4) is 17.1 Å². The molecule has 140 valence electrons. The molecule has 0 saturated carbocycles. The molecular weight excluding hydrogens is 356 g/mol. The number of hydrogen-bond acceptors (Lipinski definition) is 4. The molecule has 7 heteroatoms. The molecule has 0 aliphatic rings. The molecular formula is C21H18N4O3. The van der Waals surface area contributed by atoms with Gasteiger partial charge in [-0.3, -0.25) is 4.79 Å². The van der Waals surface area contributed by atoms with Gasteiger partial charge in [0, 0.05) is 33.6 Å². The fourth-order valence-corrected chi connectivity index (χ4v) is 3.35. The van der Waals surface area contributed by atoms with Gasteiger partial charge in [0.1, 0.15) is 5.69 Å². The number of allylic oxidation sites excluding steroid dienone is 1. The number of nitrogens with zero attached hydrogens (tertiary/aromatic N) is 1. The minimum Gasteiger partial charge on any atom is -0.494 e. The Morgan fingerprint density at radius 1 is 1.07 bits per heavy atom. The molecule has 0 aliphatic carbocycles. The van der Waals surface area contributed by atoms with E-state index in [1.54, 1.807) is 24.3 Å². The Labute approximate surface area is 160 Å². The number of carbonyl (C=O) groups excluding carboxylic acids is 1. The first-order chi connectivity index (χ1) is 13.5. The lowest BCUT2D eigenvalue weighted by molar-refractivity contribution is -0.111. The summed E-state index contributed by atoms with van der Waals surface area (Å²) >= 11 is 0. The number of benzene rings is 2. The Bertz CT molecular complexity index is 1260. The molecule has 28 heavy (non-hydrogen) atoms. The Hall–Kier alpha value is -3.87. The fraction of sp³-hybridized carbons (Fsp3) is 0.0952. The van der Waals surface area contributed by atoms with E-state index in [0.717, 1.165) is 11.1 Å². The predicted octanol–water partition coefficient (Wildman–Crippen LogP) is 5.32. The summed E-state index contributed by atoms with van der Waals surface area (Å²) in [5.74, 6) is -0.319. The second kappa shape index (κ2) is 6.70. The van der Waals surface area contributed by atoms with Gasteiger partial charge in [0.15, 0.2) is 5.88 Å². The number of aromatic amines is 2. The maximum atomic E-state index is 12.0. The Morgan fingerprint density at radius 3 is 2.57 bits per heavy atom. The number of aromatic hydroxyl groups is 1. The molecule has 4 N–H and O–H groups in total. The summed E-state index contributed by atoms with van der Waals surface area (Å²) in [6, 6.07) is 12.5. The largest absolute Gasteiger partial charge is 0.494 e. The van der Waals surface area contributed by atoms with Gasteiger partial charge in [0.05, 0.1) is 11.3 Å². The highest BCUT2D eigenvalue weighted by molar-refractivity contribution is 6.09. The second-order valence-electron chi connectivity index (χ2n) is 6.81. The van der Waals surface area contributed by atoms with Gasteiger partial charge < -0.3 is 20.4 Å². The van der Waals surface area contributed by atoms with Gasteiger partial charge in [-0.2, -0.15) is 0 Å². The molecule has 4 rings (SSSR count). The number of amides is 1. The summed E-state index contributed by atoms with van der Waals surface area (Å²) in [4.78, 5) is 29.6. The smallest absolute Gasteiger partial charge is 0.248 e. The van der Waals surface area contributed by atoms with Gasteiger partial charge in [0.2, 0.25) is 5.91 Å². The minimum absolute atomic E-state index is 0.0840. The molecule has 2 aromatic heterocycles. The summed E-state index contributed by atoms with van der Waals surface area (Å²) in [6.07, 6.45) is 1.51. The van der Waals surface area contributed by atoms with Crippen LogP contribution in [0.4, 0.5) is 11.4 Å². The zero-order valence-electron chi connectivity index (χ0n) is 15.3. The third-order valence-electron chi connectivity index (χ3n) is 4.49. The van der Waals surface area contributed by atoms with Crippen LogP contribution in [0.15, 0.2) is 59.3 Å². The maximum absolute atomic E-state index is 12.0. The predicted molar refractivity (Wildman–Crippen MR) is 111 cm³/mol. The van der Waals surface area contributed by atoms with Gasteiger partial charge in [-0.15, -0.1) is 4.91 Å². The van der Waals surface area contributed by atoms with Crippen molar-refractivity contribution in [2.24, 2.45) is 5.18 Å². The molecule has 0 bridgehead atoms. The van der Waals surface area contributed by atoms with Crippen molar-refractivity contribution in [1.82, 2.24) is 9.97 Å². The molecule has 0 spiro atoms. The van der Waals surface area contributed by atoms with Crippen molar-refractivity contribution < 1.29 is 9.90 Å². The Balaban J connectivity index is 1.89. The van der Waals surface area contributed by atoms with E-state index in [9.17, 15) is 14.8 Å². The third-order valence-corrected chi connectivity index (χ3v) is 4.49. The number of para-hydroxylation sites is 1. The van der Waals surface area contributed by atoms with E-state index in [1.807, 2.05) is 32.0 Å². The normalized spacial score (nSPS) is 10.9. The van der Waals surface area contributed by atoms with Gasteiger partial charge in [-0.05, 0) is 43.3 Å². The third kappa shape index (κ3) is 2.92. The molecule has 7 nitrogen and oxygen atoms in total. The first-order valence-corrected chi connectivity index (χ1v) is 8.73. The first kappa shape index (κ1) is 17.5. The molecule has 2 aromatic carbocycles. The second-order valence-corrected chi connectivity index (χ2v) is 6.81. The topological polar surface area (TPSA) is 110 Å². The van der Waals surface area contributed by atoms with E-state index < -0.39 is 0 Å². The van der Waals surface area contributed by atoms with Crippen LogP contribution in [0.25, 0.3) is 33.1 Å². The number of nitrogens with one attached hydrogen (secondary N) is 3. The van der Waals surface area contributed by atoms with E-state index in [4.69, 9.17) is 0 Å². The summed E-state index contributed by atoms with van der Waals surface area (Å²) < 4.78 is 0. The number of carbonyl (C=O) groups is 1. The van der Waals surface area contributed by atoms with Crippen LogP contribution in [0.3, 0.4) is 0 Å². The summed E-state index contributed by atoms with van der Waals surface area (Å²) in [7, 11) is 0. The van der Waals surface area contributed by atoms with Crippen LogP contribution in [0.2, 0.25) is 0 Å². The average molecular weight is 374 g/mol. The zero-order chi connectivity index (χ0) is 19.8. The van der Waals surface area contributed by atoms with Crippen LogP contribution in [0.5, 0.6) is 5.88 Å². The van der Waals surface area contributed by atoms with Crippen molar-refractivity contribution in [2.75, 3.05) is 5.32 Å².